The minimum absolute atomic E-state index is 0.788. The Bertz CT molecular complexity index is 79.1. The Balaban J connectivity index is 2.23. The van der Waals surface area contributed by atoms with Crippen LogP contribution < -0.4 is 5.32 Å². The van der Waals surface area contributed by atoms with E-state index in [1.54, 1.807) is 0 Å². The van der Waals surface area contributed by atoms with Gasteiger partial charge in [-0.3, -0.25) is 4.67 Å². The van der Waals surface area contributed by atoms with Crippen molar-refractivity contribution in [1.29, 1.82) is 0 Å². The highest BCUT2D eigenvalue weighted by molar-refractivity contribution is 7.13. The maximum atomic E-state index is 3.33. The van der Waals surface area contributed by atoms with Crippen LogP contribution in [-0.4, -0.2) is 30.8 Å². The van der Waals surface area contributed by atoms with E-state index >= 15 is 0 Å². The lowest BCUT2D eigenvalue weighted by Crippen LogP contribution is -2.36. The summed E-state index contributed by atoms with van der Waals surface area (Å²) < 4.78 is 2.24. The van der Waals surface area contributed by atoms with E-state index in [4.69, 9.17) is 0 Å². The Kier molecular flexibility index (Phi) is 2.90. The lowest BCUT2D eigenvalue weighted by Gasteiger charge is -2.27. The van der Waals surface area contributed by atoms with Crippen LogP contribution in [0.3, 0.4) is 0 Å². The third kappa shape index (κ3) is 2.21. The molecule has 54 valence electrons. The van der Waals surface area contributed by atoms with Crippen LogP contribution in [-0.2, 0) is 0 Å². The minimum atomic E-state index is 0.788. The zero-order valence-electron chi connectivity index (χ0n) is 5.93. The van der Waals surface area contributed by atoms with Gasteiger partial charge in [0.1, 0.15) is 0 Å². The fourth-order valence-corrected chi connectivity index (χ4v) is 1.51. The zero-order valence-corrected chi connectivity index (χ0v) is 7.09. The smallest absolute Gasteiger partial charge is 0.0150 e. The molecular weight excluding hydrogens is 131 g/mol. The fourth-order valence-electron chi connectivity index (χ4n) is 1.21. The van der Waals surface area contributed by atoms with Crippen molar-refractivity contribution in [3.05, 3.63) is 0 Å². The molecule has 0 aromatic carbocycles. The van der Waals surface area contributed by atoms with Gasteiger partial charge in [-0.25, -0.2) is 0 Å². The van der Waals surface area contributed by atoms with Crippen molar-refractivity contribution in [1.82, 2.24) is 9.99 Å². The molecule has 2 nitrogen and oxygen atoms in total. The molecule has 1 atom stereocenters. The number of hydrogen-bond donors (Lipinski definition) is 1. The summed E-state index contributed by atoms with van der Waals surface area (Å²) in [7, 11) is 4.86. The van der Waals surface area contributed by atoms with Crippen LogP contribution in [0.25, 0.3) is 0 Å². The molecule has 0 aromatic rings. The van der Waals surface area contributed by atoms with Crippen LogP contribution in [0.4, 0.5) is 0 Å². The van der Waals surface area contributed by atoms with Crippen molar-refractivity contribution in [3.63, 3.8) is 0 Å². The monoisotopic (exact) mass is 146 g/mol. The van der Waals surface area contributed by atoms with E-state index in [1.807, 2.05) is 0 Å². The van der Waals surface area contributed by atoms with Crippen molar-refractivity contribution in [2.24, 2.45) is 0 Å². The number of hydrogen-bond acceptors (Lipinski definition) is 2. The molecule has 0 bridgehead atoms. The Morgan fingerprint density at radius 3 is 2.33 bits per heavy atom. The van der Waals surface area contributed by atoms with Gasteiger partial charge in [0, 0.05) is 6.04 Å². The summed E-state index contributed by atoms with van der Waals surface area (Å²) in [6.07, 6.45) is 2.58. The summed E-state index contributed by atoms with van der Waals surface area (Å²) in [5.74, 6) is 0. The molecule has 1 aliphatic heterocycles. The van der Waals surface area contributed by atoms with Gasteiger partial charge >= 0.3 is 0 Å². The Morgan fingerprint density at radius 2 is 2.00 bits per heavy atom. The molecule has 1 rings (SSSR count). The largest absolute Gasteiger partial charge is 0.317 e. The van der Waals surface area contributed by atoms with Crippen molar-refractivity contribution in [3.8, 4) is 0 Å². The van der Waals surface area contributed by atoms with Gasteiger partial charge in [0.2, 0.25) is 0 Å². The molecule has 0 spiro atoms. The highest BCUT2D eigenvalue weighted by Gasteiger charge is 2.13. The predicted molar refractivity (Wildman–Crippen MR) is 43.4 cm³/mol. The maximum Gasteiger partial charge on any atom is 0.0150 e. The van der Waals surface area contributed by atoms with Crippen molar-refractivity contribution < 1.29 is 0 Å². The quantitative estimate of drug-likeness (QED) is 0.541. The maximum absolute atomic E-state index is 3.33. The van der Waals surface area contributed by atoms with Gasteiger partial charge in [-0.05, 0) is 33.0 Å². The molecule has 0 aromatic heterocycles. The number of rotatable bonds is 1. The predicted octanol–water partition coefficient (Wildman–Crippen LogP) is 0.460. The number of nitrogens with zero attached hydrogens (tertiary/aromatic N) is 1. The third-order valence-electron chi connectivity index (χ3n) is 1.88. The highest BCUT2D eigenvalue weighted by Crippen LogP contribution is 2.12. The van der Waals surface area contributed by atoms with Gasteiger partial charge in [0.15, 0.2) is 0 Å². The Morgan fingerprint density at radius 1 is 1.44 bits per heavy atom. The standard InChI is InChI=1S/C6H15N2P/c1-8(9)6-2-4-7-5-3-6/h6-7H,2-5,9H2,1H3. The van der Waals surface area contributed by atoms with Gasteiger partial charge in [-0.1, -0.05) is 9.39 Å². The zero-order chi connectivity index (χ0) is 6.69. The summed E-state index contributed by atoms with van der Waals surface area (Å²) in [5.41, 5.74) is 0. The van der Waals surface area contributed by atoms with Crippen LogP contribution in [0, 0.1) is 0 Å². The molecule has 1 N–H and O–H groups in total. The van der Waals surface area contributed by atoms with E-state index in [-0.39, 0.29) is 0 Å². The van der Waals surface area contributed by atoms with Crippen molar-refractivity contribution >= 4 is 9.39 Å². The SMILES string of the molecule is CN(P)C1CCNCC1. The molecule has 1 unspecified atom stereocenters. The van der Waals surface area contributed by atoms with Gasteiger partial charge in [-0.2, -0.15) is 0 Å². The number of piperidine rings is 1. The molecule has 0 aliphatic carbocycles. The van der Waals surface area contributed by atoms with Crippen LogP contribution in [0.1, 0.15) is 12.8 Å². The first-order valence-electron chi connectivity index (χ1n) is 3.49. The Hall–Kier alpha value is 0.350. The summed E-state index contributed by atoms with van der Waals surface area (Å²) in [5, 5.41) is 3.33. The molecule has 0 saturated carbocycles. The van der Waals surface area contributed by atoms with Gasteiger partial charge in [0.25, 0.3) is 0 Å². The molecule has 1 aliphatic rings. The summed E-state index contributed by atoms with van der Waals surface area (Å²) in [6.45, 7) is 2.37. The van der Waals surface area contributed by atoms with Crippen LogP contribution in [0.5, 0.6) is 0 Å². The molecule has 9 heavy (non-hydrogen) atoms. The molecule has 1 saturated heterocycles. The minimum Gasteiger partial charge on any atom is -0.317 e. The topological polar surface area (TPSA) is 15.3 Å². The summed E-state index contributed by atoms with van der Waals surface area (Å²) in [4.78, 5) is 0. The van der Waals surface area contributed by atoms with Crippen LogP contribution >= 0.6 is 9.39 Å². The van der Waals surface area contributed by atoms with E-state index in [0.29, 0.717) is 0 Å². The van der Waals surface area contributed by atoms with Crippen molar-refractivity contribution in [2.45, 2.75) is 18.9 Å². The molecule has 0 radical (unpaired) electrons. The first-order chi connectivity index (χ1) is 4.30. The fraction of sp³-hybridized carbons (Fsp3) is 1.00. The van der Waals surface area contributed by atoms with Gasteiger partial charge in [0.05, 0.1) is 0 Å². The van der Waals surface area contributed by atoms with E-state index in [2.05, 4.69) is 26.4 Å². The second-order valence-electron chi connectivity index (χ2n) is 2.65. The lowest BCUT2D eigenvalue weighted by molar-refractivity contribution is 0.316. The average molecular weight is 146 g/mol. The van der Waals surface area contributed by atoms with Gasteiger partial charge < -0.3 is 5.32 Å². The second-order valence-corrected chi connectivity index (χ2v) is 3.46. The first-order valence-corrected chi connectivity index (χ1v) is 4.00. The Labute approximate surface area is 59.3 Å². The second kappa shape index (κ2) is 3.50. The van der Waals surface area contributed by atoms with Crippen molar-refractivity contribution in [2.75, 3.05) is 20.1 Å². The van der Waals surface area contributed by atoms with Crippen LogP contribution in [0.2, 0.25) is 0 Å². The van der Waals surface area contributed by atoms with Crippen LogP contribution in [0.15, 0.2) is 0 Å². The van der Waals surface area contributed by atoms with E-state index in [1.165, 1.54) is 25.9 Å². The normalized spacial score (nSPS) is 23.0. The summed E-state index contributed by atoms with van der Waals surface area (Å²) in [6, 6.07) is 0.788. The molecule has 0 amide bonds. The number of nitrogens with one attached hydrogen (secondary N) is 1. The molecular formula is C6H15N2P. The van der Waals surface area contributed by atoms with Gasteiger partial charge in [-0.15, -0.1) is 0 Å². The van der Waals surface area contributed by atoms with E-state index in [0.717, 1.165) is 6.04 Å². The highest BCUT2D eigenvalue weighted by atomic mass is 31.0. The third-order valence-corrected chi connectivity index (χ3v) is 2.31. The average Bonchev–Trinajstić information content (AvgIpc) is 1.90. The summed E-state index contributed by atoms with van der Waals surface area (Å²) >= 11 is 0. The molecule has 3 heteroatoms. The van der Waals surface area contributed by atoms with E-state index < -0.39 is 0 Å². The molecule has 1 heterocycles. The lowest BCUT2D eigenvalue weighted by atomic mass is 10.1. The molecule has 1 fully saturated rings. The first kappa shape index (κ1) is 7.46. The van der Waals surface area contributed by atoms with E-state index in [9.17, 15) is 0 Å².